The summed E-state index contributed by atoms with van der Waals surface area (Å²) in [7, 11) is 0. The molecule has 1 aromatic rings. The Hall–Kier alpha value is -3.17. The van der Waals surface area contributed by atoms with Gasteiger partial charge in [0.05, 0.1) is 10.5 Å². The summed E-state index contributed by atoms with van der Waals surface area (Å²) in [6.07, 6.45) is 2.01. The van der Waals surface area contributed by atoms with Crippen molar-refractivity contribution in [2.45, 2.75) is 19.8 Å². The molecule has 1 fully saturated rings. The van der Waals surface area contributed by atoms with Crippen LogP contribution in [0.3, 0.4) is 0 Å². The number of nitro benzene ring substituents is 1. The van der Waals surface area contributed by atoms with E-state index in [-0.39, 0.29) is 11.3 Å². The van der Waals surface area contributed by atoms with Crippen LogP contribution >= 0.6 is 0 Å². The summed E-state index contributed by atoms with van der Waals surface area (Å²) >= 11 is 0. The second-order valence-electron chi connectivity index (χ2n) is 6.14. The maximum absolute atomic E-state index is 12.0. The monoisotopic (exact) mass is 364 g/mol. The molecule has 0 unspecified atom stereocenters. The van der Waals surface area contributed by atoms with E-state index >= 15 is 0 Å². The second-order valence-corrected chi connectivity index (χ2v) is 6.14. The fourth-order valence-electron chi connectivity index (χ4n) is 2.86. The van der Waals surface area contributed by atoms with E-state index in [0.717, 1.165) is 18.9 Å². The number of nitrogens with one attached hydrogen (secondary N) is 1. The first kappa shape index (κ1) is 19.2. The minimum atomic E-state index is -1.07. The van der Waals surface area contributed by atoms with Crippen LogP contribution in [-0.2, 0) is 9.53 Å². The van der Waals surface area contributed by atoms with Crippen LogP contribution < -0.4 is 16.0 Å². The number of nitrogens with zero attached hydrogens (tertiary/aromatic N) is 2. The van der Waals surface area contributed by atoms with Gasteiger partial charge in [0.25, 0.3) is 11.6 Å². The topological polar surface area (TPSA) is 145 Å². The molecule has 2 rings (SSSR count). The Morgan fingerprint density at radius 1 is 1.42 bits per heavy atom. The number of urea groups is 1. The van der Waals surface area contributed by atoms with Gasteiger partial charge in [-0.1, -0.05) is 6.92 Å². The molecule has 0 radical (unpaired) electrons. The predicted octanol–water partition coefficient (Wildman–Crippen LogP) is 1.18. The molecule has 1 atom stereocenters. The molecule has 1 heterocycles. The summed E-state index contributed by atoms with van der Waals surface area (Å²) in [5.41, 5.74) is 4.96. The van der Waals surface area contributed by atoms with Crippen molar-refractivity contribution in [1.29, 1.82) is 0 Å². The van der Waals surface area contributed by atoms with Crippen molar-refractivity contribution in [2.24, 2.45) is 11.7 Å². The number of hydrogen-bond donors (Lipinski definition) is 2. The first-order chi connectivity index (χ1) is 12.3. The molecule has 10 nitrogen and oxygen atoms in total. The highest BCUT2D eigenvalue weighted by Crippen LogP contribution is 2.32. The van der Waals surface area contributed by atoms with Gasteiger partial charge in [-0.2, -0.15) is 0 Å². The third-order valence-corrected chi connectivity index (χ3v) is 4.00. The van der Waals surface area contributed by atoms with Crippen LogP contribution in [-0.4, -0.2) is 42.5 Å². The molecule has 1 aliphatic heterocycles. The highest BCUT2D eigenvalue weighted by molar-refractivity contribution is 5.97. The van der Waals surface area contributed by atoms with Gasteiger partial charge in [0, 0.05) is 19.2 Å². The van der Waals surface area contributed by atoms with E-state index < -0.39 is 29.4 Å². The number of nitro groups is 1. The van der Waals surface area contributed by atoms with E-state index in [9.17, 15) is 24.5 Å². The average Bonchev–Trinajstić information content (AvgIpc) is 2.58. The standard InChI is InChI=1S/C16H20N4O6/c1-10-3-2-6-19(8-10)12-5-4-11(7-13(12)20(24)25)15(22)26-9-14(21)18-16(17)23/h4-5,7,10H,2-3,6,8-9H2,1H3,(H3,17,18,21,23)/t10-/m1/s1. The first-order valence-electron chi connectivity index (χ1n) is 8.07. The Morgan fingerprint density at radius 3 is 2.77 bits per heavy atom. The number of rotatable bonds is 5. The summed E-state index contributed by atoms with van der Waals surface area (Å²) in [5.74, 6) is -1.37. The highest BCUT2D eigenvalue weighted by atomic mass is 16.6. The van der Waals surface area contributed by atoms with E-state index in [4.69, 9.17) is 10.5 Å². The van der Waals surface area contributed by atoms with Crippen LogP contribution in [0.5, 0.6) is 0 Å². The fourth-order valence-corrected chi connectivity index (χ4v) is 2.86. The number of piperidine rings is 1. The summed E-state index contributed by atoms with van der Waals surface area (Å²) in [6, 6.07) is 2.98. The normalized spacial score (nSPS) is 16.7. The van der Waals surface area contributed by atoms with Gasteiger partial charge in [-0.15, -0.1) is 0 Å². The average molecular weight is 364 g/mol. The van der Waals surface area contributed by atoms with Crippen molar-refractivity contribution in [2.75, 3.05) is 24.6 Å². The van der Waals surface area contributed by atoms with E-state index in [1.807, 2.05) is 4.90 Å². The summed E-state index contributed by atoms with van der Waals surface area (Å²) < 4.78 is 4.73. The molecule has 0 aliphatic carbocycles. The van der Waals surface area contributed by atoms with E-state index in [1.54, 1.807) is 5.32 Å². The summed E-state index contributed by atoms with van der Waals surface area (Å²) in [5, 5.41) is 13.2. The van der Waals surface area contributed by atoms with Crippen LogP contribution in [0.2, 0.25) is 0 Å². The molecular weight excluding hydrogens is 344 g/mol. The fraction of sp³-hybridized carbons (Fsp3) is 0.438. The Bertz CT molecular complexity index is 735. The molecule has 3 N–H and O–H groups in total. The Kier molecular flexibility index (Phi) is 6.10. The molecule has 1 saturated heterocycles. The van der Waals surface area contributed by atoms with Gasteiger partial charge in [0.1, 0.15) is 5.69 Å². The van der Waals surface area contributed by atoms with Crippen molar-refractivity contribution in [3.05, 3.63) is 33.9 Å². The second kappa shape index (κ2) is 8.28. The lowest BCUT2D eigenvalue weighted by Gasteiger charge is -2.32. The number of benzene rings is 1. The van der Waals surface area contributed by atoms with E-state index in [2.05, 4.69) is 6.92 Å². The summed E-state index contributed by atoms with van der Waals surface area (Å²) in [4.78, 5) is 46.6. The Balaban J connectivity index is 2.14. The van der Waals surface area contributed by atoms with Crippen LogP contribution in [0.15, 0.2) is 18.2 Å². The van der Waals surface area contributed by atoms with Gasteiger partial charge in [0.2, 0.25) is 0 Å². The molecule has 3 amide bonds. The van der Waals surface area contributed by atoms with Gasteiger partial charge in [-0.3, -0.25) is 20.2 Å². The number of amides is 3. The van der Waals surface area contributed by atoms with Gasteiger partial charge >= 0.3 is 12.0 Å². The molecule has 1 aliphatic rings. The van der Waals surface area contributed by atoms with Crippen LogP contribution in [0.4, 0.5) is 16.2 Å². The lowest BCUT2D eigenvalue weighted by Crippen LogP contribution is -2.37. The quantitative estimate of drug-likeness (QED) is 0.453. The smallest absolute Gasteiger partial charge is 0.338 e. The van der Waals surface area contributed by atoms with Crippen molar-refractivity contribution >= 4 is 29.3 Å². The molecule has 0 saturated carbocycles. The number of anilines is 1. The highest BCUT2D eigenvalue weighted by Gasteiger charge is 2.25. The van der Waals surface area contributed by atoms with Crippen molar-refractivity contribution in [1.82, 2.24) is 5.32 Å². The SMILES string of the molecule is C[C@@H]1CCCN(c2ccc(C(=O)OCC(=O)NC(N)=O)cc2[N+](=O)[O-])C1. The Morgan fingerprint density at radius 2 is 2.15 bits per heavy atom. The lowest BCUT2D eigenvalue weighted by molar-refractivity contribution is -0.384. The molecule has 140 valence electrons. The lowest BCUT2D eigenvalue weighted by atomic mass is 9.99. The van der Waals surface area contributed by atoms with Crippen LogP contribution in [0.25, 0.3) is 0 Å². The zero-order valence-electron chi connectivity index (χ0n) is 14.3. The Labute approximate surface area is 149 Å². The third kappa shape index (κ3) is 4.91. The van der Waals surface area contributed by atoms with Crippen molar-refractivity contribution < 1.29 is 24.0 Å². The number of imide groups is 1. The minimum Gasteiger partial charge on any atom is -0.452 e. The molecule has 1 aromatic carbocycles. The van der Waals surface area contributed by atoms with E-state index in [0.29, 0.717) is 24.7 Å². The predicted molar refractivity (Wildman–Crippen MR) is 91.7 cm³/mol. The number of esters is 1. The molecular formula is C16H20N4O6. The third-order valence-electron chi connectivity index (χ3n) is 4.00. The zero-order chi connectivity index (χ0) is 19.3. The van der Waals surface area contributed by atoms with Gasteiger partial charge in [-0.25, -0.2) is 9.59 Å². The molecule has 10 heteroatoms. The maximum Gasteiger partial charge on any atom is 0.338 e. The number of carbonyl (C=O) groups is 3. The first-order valence-corrected chi connectivity index (χ1v) is 8.07. The number of nitrogens with two attached hydrogens (primary N) is 1. The van der Waals surface area contributed by atoms with Crippen molar-refractivity contribution in [3.63, 3.8) is 0 Å². The van der Waals surface area contributed by atoms with Gasteiger partial charge < -0.3 is 15.4 Å². The van der Waals surface area contributed by atoms with Gasteiger partial charge in [0.15, 0.2) is 6.61 Å². The molecule has 26 heavy (non-hydrogen) atoms. The maximum atomic E-state index is 12.0. The molecule has 0 spiro atoms. The number of ether oxygens (including phenoxy) is 1. The zero-order valence-corrected chi connectivity index (χ0v) is 14.3. The minimum absolute atomic E-state index is 0.0580. The van der Waals surface area contributed by atoms with Crippen LogP contribution in [0.1, 0.15) is 30.1 Å². The molecule has 0 bridgehead atoms. The molecule has 0 aromatic heterocycles. The number of primary amides is 1. The largest absolute Gasteiger partial charge is 0.452 e. The summed E-state index contributed by atoms with van der Waals surface area (Å²) in [6.45, 7) is 2.78. The number of carbonyl (C=O) groups excluding carboxylic acids is 3. The van der Waals surface area contributed by atoms with Gasteiger partial charge in [-0.05, 0) is 30.9 Å². The van der Waals surface area contributed by atoms with E-state index in [1.165, 1.54) is 12.1 Å². The van der Waals surface area contributed by atoms with Crippen molar-refractivity contribution in [3.8, 4) is 0 Å². The van der Waals surface area contributed by atoms with Crippen LogP contribution in [0, 0.1) is 16.0 Å². The number of hydrogen-bond acceptors (Lipinski definition) is 7.